The third-order valence-electron chi connectivity index (χ3n) is 2.15. The number of carboxylic acid groups (broad SMARTS) is 1. The summed E-state index contributed by atoms with van der Waals surface area (Å²) < 4.78 is 12.1. The molecule has 0 spiro atoms. The monoisotopic (exact) mass is 242 g/mol. The molecule has 0 aromatic carbocycles. The van der Waals surface area contributed by atoms with Crippen molar-refractivity contribution in [1.29, 1.82) is 0 Å². The van der Waals surface area contributed by atoms with Crippen LogP contribution in [0.5, 0.6) is 5.75 Å². The largest absolute Gasteiger partial charge is 0.487 e. The van der Waals surface area contributed by atoms with Gasteiger partial charge < -0.3 is 14.6 Å². The van der Waals surface area contributed by atoms with E-state index in [1.165, 1.54) is 0 Å². The lowest BCUT2D eigenvalue weighted by Crippen LogP contribution is -2.30. The number of hydrogen-bond donors (Lipinski definition) is 1. The van der Waals surface area contributed by atoms with E-state index in [0.29, 0.717) is 12.4 Å². The normalized spacial score (nSPS) is 12.7. The van der Waals surface area contributed by atoms with Gasteiger partial charge in [-0.2, -0.15) is 5.10 Å². The fraction of sp³-hybridized carbons (Fsp3) is 0.636. The molecule has 0 aliphatic carbocycles. The lowest BCUT2D eigenvalue weighted by Gasteiger charge is -2.12. The van der Waals surface area contributed by atoms with E-state index < -0.39 is 12.1 Å². The average molecular weight is 242 g/mol. The van der Waals surface area contributed by atoms with E-state index in [0.717, 1.165) is 0 Å². The summed E-state index contributed by atoms with van der Waals surface area (Å²) in [6, 6.07) is 0.245. The molecule has 0 saturated heterocycles. The van der Waals surface area contributed by atoms with Crippen molar-refractivity contribution in [1.82, 2.24) is 9.78 Å². The van der Waals surface area contributed by atoms with Crippen LogP contribution in [-0.2, 0) is 9.53 Å². The Bertz CT molecular complexity index is 362. The van der Waals surface area contributed by atoms with Gasteiger partial charge in [0.25, 0.3) is 0 Å². The van der Waals surface area contributed by atoms with E-state index in [9.17, 15) is 4.79 Å². The second kappa shape index (κ2) is 6.24. The first kappa shape index (κ1) is 13.5. The molecule has 6 heteroatoms. The molecule has 1 aromatic heterocycles. The Hall–Kier alpha value is -1.56. The summed E-state index contributed by atoms with van der Waals surface area (Å²) in [5, 5.41) is 12.9. The summed E-state index contributed by atoms with van der Waals surface area (Å²) in [6.45, 7) is 6.05. The molecule has 1 atom stereocenters. The fourth-order valence-corrected chi connectivity index (χ4v) is 1.24. The number of hydrogen-bond acceptors (Lipinski definition) is 4. The second-order valence-corrected chi connectivity index (χ2v) is 3.84. The molecule has 6 nitrogen and oxygen atoms in total. The molecular weight excluding hydrogens is 224 g/mol. The predicted octanol–water partition coefficient (Wildman–Crippen LogP) is 1.33. The smallest absolute Gasteiger partial charge is 0.336 e. The molecule has 1 N–H and O–H groups in total. The van der Waals surface area contributed by atoms with Crippen LogP contribution in [-0.4, -0.2) is 40.2 Å². The third-order valence-corrected chi connectivity index (χ3v) is 2.15. The van der Waals surface area contributed by atoms with Crippen LogP contribution in [0.3, 0.4) is 0 Å². The van der Waals surface area contributed by atoms with Gasteiger partial charge >= 0.3 is 5.97 Å². The van der Waals surface area contributed by atoms with Crippen molar-refractivity contribution in [3.8, 4) is 5.75 Å². The van der Waals surface area contributed by atoms with Crippen LogP contribution in [0.1, 0.15) is 26.8 Å². The molecule has 0 bridgehead atoms. The molecule has 0 saturated carbocycles. The number of nitrogens with zero attached hydrogens (tertiary/aromatic N) is 2. The Labute approximate surface area is 100 Å². The van der Waals surface area contributed by atoms with Crippen molar-refractivity contribution in [2.24, 2.45) is 0 Å². The van der Waals surface area contributed by atoms with E-state index >= 15 is 0 Å². The van der Waals surface area contributed by atoms with Crippen molar-refractivity contribution in [3.63, 3.8) is 0 Å². The molecule has 1 heterocycles. The highest BCUT2D eigenvalue weighted by Crippen LogP contribution is 2.12. The van der Waals surface area contributed by atoms with Crippen LogP contribution in [0.2, 0.25) is 0 Å². The SMILES string of the molecule is CCOC(COc1cnn(C(C)C)c1)C(=O)O. The lowest BCUT2D eigenvalue weighted by atomic mass is 10.4. The first-order valence-electron chi connectivity index (χ1n) is 5.56. The molecule has 0 fully saturated rings. The zero-order valence-electron chi connectivity index (χ0n) is 10.3. The summed E-state index contributed by atoms with van der Waals surface area (Å²) in [7, 11) is 0. The number of carboxylic acids is 1. The van der Waals surface area contributed by atoms with Gasteiger partial charge in [0.2, 0.25) is 0 Å². The van der Waals surface area contributed by atoms with Crippen LogP contribution in [0.15, 0.2) is 12.4 Å². The number of aromatic nitrogens is 2. The van der Waals surface area contributed by atoms with Crippen LogP contribution in [0.25, 0.3) is 0 Å². The maximum atomic E-state index is 10.8. The summed E-state index contributed by atoms with van der Waals surface area (Å²) in [6.07, 6.45) is 2.35. The van der Waals surface area contributed by atoms with E-state index in [1.807, 2.05) is 13.8 Å². The van der Waals surface area contributed by atoms with E-state index in [2.05, 4.69) is 5.10 Å². The summed E-state index contributed by atoms with van der Waals surface area (Å²) in [4.78, 5) is 10.8. The van der Waals surface area contributed by atoms with Gasteiger partial charge in [-0.25, -0.2) is 4.79 Å². The Balaban J connectivity index is 2.50. The van der Waals surface area contributed by atoms with Crippen molar-refractivity contribution >= 4 is 5.97 Å². The van der Waals surface area contributed by atoms with Gasteiger partial charge in [0.1, 0.15) is 6.61 Å². The van der Waals surface area contributed by atoms with Crippen LogP contribution in [0.4, 0.5) is 0 Å². The van der Waals surface area contributed by atoms with Gasteiger partial charge in [0, 0.05) is 12.6 Å². The van der Waals surface area contributed by atoms with Crippen LogP contribution in [0, 0.1) is 0 Å². The molecule has 0 aliphatic heterocycles. The maximum absolute atomic E-state index is 10.8. The maximum Gasteiger partial charge on any atom is 0.336 e. The standard InChI is InChI=1S/C11H18N2O4/c1-4-16-10(11(14)15)7-17-9-5-12-13(6-9)8(2)3/h5-6,8,10H,4,7H2,1-3H3,(H,14,15). The van der Waals surface area contributed by atoms with E-state index in [1.54, 1.807) is 24.0 Å². The molecule has 1 unspecified atom stereocenters. The molecule has 0 amide bonds. The van der Waals surface area contributed by atoms with Crippen molar-refractivity contribution in [3.05, 3.63) is 12.4 Å². The van der Waals surface area contributed by atoms with Gasteiger partial charge in [0.05, 0.1) is 12.4 Å². The number of carbonyl (C=O) groups is 1. The van der Waals surface area contributed by atoms with Gasteiger partial charge in [0.15, 0.2) is 11.9 Å². The fourth-order valence-electron chi connectivity index (χ4n) is 1.24. The number of rotatable bonds is 7. The number of aliphatic carboxylic acids is 1. The summed E-state index contributed by atoms with van der Waals surface area (Å²) >= 11 is 0. The molecule has 0 aliphatic rings. The molecule has 96 valence electrons. The van der Waals surface area contributed by atoms with Crippen molar-refractivity contribution in [2.45, 2.75) is 32.9 Å². The Morgan fingerprint density at radius 1 is 1.59 bits per heavy atom. The molecular formula is C11H18N2O4. The Kier molecular flexibility index (Phi) is 4.96. The lowest BCUT2D eigenvalue weighted by molar-refractivity contribution is -0.152. The van der Waals surface area contributed by atoms with Gasteiger partial charge in [-0.1, -0.05) is 0 Å². The van der Waals surface area contributed by atoms with Crippen molar-refractivity contribution < 1.29 is 19.4 Å². The first-order chi connectivity index (χ1) is 8.04. The third kappa shape index (κ3) is 4.07. The minimum atomic E-state index is -1.02. The second-order valence-electron chi connectivity index (χ2n) is 3.84. The van der Waals surface area contributed by atoms with Gasteiger partial charge in [-0.3, -0.25) is 4.68 Å². The van der Waals surface area contributed by atoms with Gasteiger partial charge in [-0.05, 0) is 20.8 Å². The Morgan fingerprint density at radius 3 is 2.76 bits per heavy atom. The number of ether oxygens (including phenoxy) is 2. The van der Waals surface area contributed by atoms with Gasteiger partial charge in [-0.15, -0.1) is 0 Å². The van der Waals surface area contributed by atoms with E-state index in [4.69, 9.17) is 14.6 Å². The minimum Gasteiger partial charge on any atom is -0.487 e. The topological polar surface area (TPSA) is 73.6 Å². The predicted molar refractivity (Wildman–Crippen MR) is 61.2 cm³/mol. The highest BCUT2D eigenvalue weighted by molar-refractivity contribution is 5.72. The highest BCUT2D eigenvalue weighted by atomic mass is 16.5. The highest BCUT2D eigenvalue weighted by Gasteiger charge is 2.18. The van der Waals surface area contributed by atoms with Crippen LogP contribution >= 0.6 is 0 Å². The summed E-state index contributed by atoms with van der Waals surface area (Å²) in [5.74, 6) is -0.479. The van der Waals surface area contributed by atoms with Crippen molar-refractivity contribution in [2.75, 3.05) is 13.2 Å². The Morgan fingerprint density at radius 2 is 2.29 bits per heavy atom. The molecule has 1 aromatic rings. The van der Waals surface area contributed by atoms with E-state index in [-0.39, 0.29) is 12.6 Å². The summed E-state index contributed by atoms with van der Waals surface area (Å²) in [5.41, 5.74) is 0. The average Bonchev–Trinajstić information content (AvgIpc) is 2.72. The zero-order valence-corrected chi connectivity index (χ0v) is 10.3. The molecule has 0 radical (unpaired) electrons. The van der Waals surface area contributed by atoms with Crippen LogP contribution < -0.4 is 4.74 Å². The molecule has 1 rings (SSSR count). The molecule has 17 heavy (non-hydrogen) atoms. The minimum absolute atomic E-state index is 0.0209. The zero-order chi connectivity index (χ0) is 12.8. The first-order valence-corrected chi connectivity index (χ1v) is 5.56. The quantitative estimate of drug-likeness (QED) is 0.780.